The summed E-state index contributed by atoms with van der Waals surface area (Å²) in [5, 5.41) is 30.1. The Kier molecular flexibility index (Phi) is 13.0. The number of rotatable bonds is 12. The lowest BCUT2D eigenvalue weighted by Gasteiger charge is -2.27. The van der Waals surface area contributed by atoms with Crippen molar-refractivity contribution in [2.75, 3.05) is 6.61 Å². The van der Waals surface area contributed by atoms with E-state index in [1.165, 1.54) is 19.1 Å². The maximum atomic E-state index is 14.4. The summed E-state index contributed by atoms with van der Waals surface area (Å²) < 4.78 is 20.2. The zero-order valence-electron chi connectivity index (χ0n) is 27.6. The second-order valence-corrected chi connectivity index (χ2v) is 13.1. The Morgan fingerprint density at radius 2 is 1.63 bits per heavy atom. The van der Waals surface area contributed by atoms with Crippen molar-refractivity contribution in [2.24, 2.45) is 5.41 Å². The maximum absolute atomic E-state index is 14.4. The number of halogens is 1. The predicted molar refractivity (Wildman–Crippen MR) is 171 cm³/mol. The summed E-state index contributed by atoms with van der Waals surface area (Å²) in [5.74, 6) is -2.70. The third-order valence-corrected chi connectivity index (χ3v) is 6.49. The van der Waals surface area contributed by atoms with E-state index in [4.69, 9.17) is 4.74 Å². The van der Waals surface area contributed by atoms with Crippen molar-refractivity contribution in [3.05, 3.63) is 70.5 Å². The smallest absolute Gasteiger partial charge is 0.262 e. The summed E-state index contributed by atoms with van der Waals surface area (Å²) >= 11 is 0. The van der Waals surface area contributed by atoms with Crippen molar-refractivity contribution in [2.45, 2.75) is 85.7 Å². The van der Waals surface area contributed by atoms with Gasteiger partial charge in [0.15, 0.2) is 0 Å². The van der Waals surface area contributed by atoms with E-state index in [0.717, 1.165) is 0 Å². The fourth-order valence-corrected chi connectivity index (χ4v) is 3.87. The fourth-order valence-electron chi connectivity index (χ4n) is 3.87. The van der Waals surface area contributed by atoms with Gasteiger partial charge in [-0.3, -0.25) is 19.2 Å². The first kappa shape index (κ1) is 37.4. The van der Waals surface area contributed by atoms with E-state index in [9.17, 15) is 33.9 Å². The van der Waals surface area contributed by atoms with Gasteiger partial charge in [-0.15, -0.1) is 0 Å². The predicted octanol–water partition coefficient (Wildman–Crippen LogP) is 3.05. The lowest BCUT2D eigenvalue weighted by molar-refractivity contribution is -0.137. The van der Waals surface area contributed by atoms with Gasteiger partial charge in [-0.25, -0.2) is 4.39 Å². The Balaban J connectivity index is 2.24. The van der Waals surface area contributed by atoms with E-state index in [1.54, 1.807) is 84.9 Å². The van der Waals surface area contributed by atoms with E-state index >= 15 is 0 Å². The number of hydrogen-bond donors (Lipinski definition) is 5. The van der Waals surface area contributed by atoms with Crippen molar-refractivity contribution in [1.82, 2.24) is 21.3 Å². The molecule has 4 amide bonds. The zero-order chi connectivity index (χ0) is 34.8. The van der Waals surface area contributed by atoms with Crippen LogP contribution in [-0.4, -0.2) is 59.1 Å². The molecule has 0 spiro atoms. The number of aliphatic hydroxyl groups excluding tert-OH is 1. The lowest BCUT2D eigenvalue weighted by atomic mass is 9.94. The minimum absolute atomic E-state index is 0.0840. The SMILES string of the molecule is Cc1ccc(CNC(=O)[C@H](COc2ccc(C=C(C#N)C(=O)NC(C)(C)C)cc2)NC(=O)[C@@H](NC(=O)C(C)(C)C)[C@@H](C)O)c(F)c1. The van der Waals surface area contributed by atoms with Gasteiger partial charge in [-0.05, 0) is 70.0 Å². The van der Waals surface area contributed by atoms with Crippen LogP contribution in [0.3, 0.4) is 0 Å². The highest BCUT2D eigenvalue weighted by molar-refractivity contribution is 6.02. The largest absolute Gasteiger partial charge is 0.491 e. The van der Waals surface area contributed by atoms with Crippen LogP contribution < -0.4 is 26.0 Å². The van der Waals surface area contributed by atoms with E-state index in [2.05, 4.69) is 21.3 Å². The number of nitriles is 1. The number of nitrogens with one attached hydrogen (secondary N) is 4. The van der Waals surface area contributed by atoms with E-state index in [1.807, 2.05) is 6.07 Å². The highest BCUT2D eigenvalue weighted by Crippen LogP contribution is 2.17. The molecule has 2 aromatic carbocycles. The van der Waals surface area contributed by atoms with Crippen LogP contribution >= 0.6 is 0 Å². The van der Waals surface area contributed by atoms with Crippen molar-refractivity contribution in [3.63, 3.8) is 0 Å². The highest BCUT2D eigenvalue weighted by atomic mass is 19.1. The van der Waals surface area contributed by atoms with Crippen molar-refractivity contribution in [3.8, 4) is 11.8 Å². The molecule has 12 heteroatoms. The van der Waals surface area contributed by atoms with E-state index < -0.39 is 58.6 Å². The van der Waals surface area contributed by atoms with Crippen molar-refractivity contribution in [1.29, 1.82) is 5.26 Å². The molecule has 0 radical (unpaired) electrons. The van der Waals surface area contributed by atoms with E-state index in [0.29, 0.717) is 16.9 Å². The Morgan fingerprint density at radius 1 is 1.00 bits per heavy atom. The van der Waals surface area contributed by atoms with Gasteiger partial charge in [0.05, 0.1) is 6.10 Å². The Morgan fingerprint density at radius 3 is 2.15 bits per heavy atom. The van der Waals surface area contributed by atoms with Gasteiger partial charge in [-0.1, -0.05) is 45.0 Å². The minimum Gasteiger partial charge on any atom is -0.491 e. The fraction of sp³-hybridized carbons (Fsp3) is 0.441. The first-order valence-electron chi connectivity index (χ1n) is 14.8. The molecule has 0 aromatic heterocycles. The maximum Gasteiger partial charge on any atom is 0.262 e. The summed E-state index contributed by atoms with van der Waals surface area (Å²) in [6.45, 7) is 12.9. The molecule has 0 aliphatic heterocycles. The van der Waals surface area contributed by atoms with Crippen LogP contribution in [0.15, 0.2) is 48.0 Å². The van der Waals surface area contributed by atoms with Crippen LogP contribution in [-0.2, 0) is 25.7 Å². The molecule has 2 aromatic rings. The van der Waals surface area contributed by atoms with Gasteiger partial charge < -0.3 is 31.1 Å². The molecule has 0 aliphatic carbocycles. The number of carbonyl (C=O) groups excluding carboxylic acids is 4. The molecule has 0 saturated carbocycles. The summed E-state index contributed by atoms with van der Waals surface area (Å²) in [4.78, 5) is 51.4. The van der Waals surface area contributed by atoms with Gasteiger partial charge in [0, 0.05) is 23.1 Å². The molecule has 0 heterocycles. The van der Waals surface area contributed by atoms with Gasteiger partial charge in [0.1, 0.15) is 41.9 Å². The number of carbonyl (C=O) groups is 4. The lowest BCUT2D eigenvalue weighted by Crippen LogP contribution is -2.59. The number of nitrogens with zero attached hydrogens (tertiary/aromatic N) is 1. The molecule has 46 heavy (non-hydrogen) atoms. The average molecular weight is 638 g/mol. The Labute approximate surface area is 269 Å². The number of ether oxygens (including phenoxy) is 1. The zero-order valence-corrected chi connectivity index (χ0v) is 27.6. The van der Waals surface area contributed by atoms with Gasteiger partial charge >= 0.3 is 0 Å². The summed E-state index contributed by atoms with van der Waals surface area (Å²) in [5.41, 5.74) is 0.0400. The standard InChI is InChI=1S/C34H44FN5O6/c1-20-9-12-23(26(35)15-20)18-37-30(43)27(38-31(44)28(21(2)41)39-32(45)33(3,4)5)19-46-25-13-10-22(11-14-25)16-24(17-36)29(42)40-34(6,7)8/h9-16,21,27-28,41H,18-19H2,1-8H3,(H,37,43)(H,38,44)(H,39,45)(H,40,42)/t21-,27+,28+/m1/s1. The molecule has 11 nitrogen and oxygen atoms in total. The molecule has 248 valence electrons. The molecular weight excluding hydrogens is 593 g/mol. The molecule has 3 atom stereocenters. The summed E-state index contributed by atoms with van der Waals surface area (Å²) in [6.07, 6.45) is 0.134. The molecule has 2 rings (SSSR count). The average Bonchev–Trinajstić information content (AvgIpc) is 2.94. The number of hydrogen-bond acceptors (Lipinski definition) is 7. The minimum atomic E-state index is -1.37. The van der Waals surface area contributed by atoms with Crippen LogP contribution in [0.2, 0.25) is 0 Å². The third-order valence-electron chi connectivity index (χ3n) is 6.49. The van der Waals surface area contributed by atoms with Crippen LogP contribution in [0.25, 0.3) is 6.08 Å². The third kappa shape index (κ3) is 12.0. The molecule has 0 fully saturated rings. The van der Waals surface area contributed by atoms with Gasteiger partial charge in [0.25, 0.3) is 5.91 Å². The first-order valence-corrected chi connectivity index (χ1v) is 14.8. The van der Waals surface area contributed by atoms with Gasteiger partial charge in [-0.2, -0.15) is 5.26 Å². The first-order chi connectivity index (χ1) is 21.3. The number of aliphatic hydroxyl groups is 1. The monoisotopic (exact) mass is 637 g/mol. The number of aryl methyl sites for hydroxylation is 1. The molecule has 0 saturated heterocycles. The Hall–Kier alpha value is -4.76. The number of amides is 4. The van der Waals surface area contributed by atoms with Gasteiger partial charge in [0.2, 0.25) is 17.7 Å². The topological polar surface area (TPSA) is 170 Å². The van der Waals surface area contributed by atoms with Crippen LogP contribution in [0, 0.1) is 29.5 Å². The summed E-state index contributed by atoms with van der Waals surface area (Å²) in [6, 6.07) is 10.1. The van der Waals surface area contributed by atoms with Crippen LogP contribution in [0.5, 0.6) is 5.75 Å². The van der Waals surface area contributed by atoms with Crippen LogP contribution in [0.1, 0.15) is 65.2 Å². The van der Waals surface area contributed by atoms with Crippen LogP contribution in [0.4, 0.5) is 4.39 Å². The number of benzene rings is 2. The quantitative estimate of drug-likeness (QED) is 0.176. The second-order valence-electron chi connectivity index (χ2n) is 13.1. The molecule has 0 aliphatic rings. The normalized spacial score (nSPS) is 13.8. The highest BCUT2D eigenvalue weighted by Gasteiger charge is 2.33. The molecule has 0 unspecified atom stereocenters. The van der Waals surface area contributed by atoms with Crippen molar-refractivity contribution < 1.29 is 33.4 Å². The summed E-state index contributed by atoms with van der Waals surface area (Å²) in [7, 11) is 0. The van der Waals surface area contributed by atoms with Crippen molar-refractivity contribution >= 4 is 29.7 Å². The second kappa shape index (κ2) is 16.0. The van der Waals surface area contributed by atoms with E-state index in [-0.39, 0.29) is 24.3 Å². The Bertz CT molecular complexity index is 1480. The molecule has 5 N–H and O–H groups in total. The molecular formula is C34H44FN5O6. The molecule has 0 bridgehead atoms.